The van der Waals surface area contributed by atoms with Crippen molar-refractivity contribution in [2.45, 2.75) is 25.9 Å². The summed E-state index contributed by atoms with van der Waals surface area (Å²) in [5.41, 5.74) is 10.9. The molecule has 1 aromatic rings. The Kier molecular flexibility index (Phi) is 2.62. The Labute approximate surface area is 75.9 Å². The van der Waals surface area contributed by atoms with Crippen LogP contribution in [0.1, 0.15) is 31.6 Å². The number of nitrogens with two attached hydrogens (primary N) is 2. The van der Waals surface area contributed by atoms with Gasteiger partial charge in [0.2, 0.25) is 5.91 Å². The van der Waals surface area contributed by atoms with Crippen LogP contribution < -0.4 is 11.5 Å². The van der Waals surface area contributed by atoms with E-state index in [9.17, 15) is 4.79 Å². The first-order chi connectivity index (χ1) is 6.02. The zero-order chi connectivity index (χ0) is 10.0. The Morgan fingerprint density at radius 3 is 2.62 bits per heavy atom. The average Bonchev–Trinajstić information content (AvgIpc) is 2.50. The number of primary amides is 1. The SMILES string of the molecule is CC(C)n1cc(C(N)C(N)=O)nn1. The zero-order valence-electron chi connectivity index (χ0n) is 7.64. The maximum Gasteiger partial charge on any atom is 0.240 e. The van der Waals surface area contributed by atoms with Gasteiger partial charge in [0.25, 0.3) is 0 Å². The molecule has 0 saturated heterocycles. The summed E-state index contributed by atoms with van der Waals surface area (Å²) in [7, 11) is 0. The highest BCUT2D eigenvalue weighted by atomic mass is 16.1. The van der Waals surface area contributed by atoms with Crippen LogP contribution in [0.2, 0.25) is 0 Å². The number of nitrogens with zero attached hydrogens (tertiary/aromatic N) is 3. The van der Waals surface area contributed by atoms with Gasteiger partial charge in [-0.25, -0.2) is 4.68 Å². The van der Waals surface area contributed by atoms with E-state index in [1.165, 1.54) is 0 Å². The second-order valence-electron chi connectivity index (χ2n) is 3.10. The van der Waals surface area contributed by atoms with E-state index in [0.717, 1.165) is 0 Å². The van der Waals surface area contributed by atoms with Crippen molar-refractivity contribution in [3.05, 3.63) is 11.9 Å². The van der Waals surface area contributed by atoms with Crippen molar-refractivity contribution in [1.82, 2.24) is 15.0 Å². The van der Waals surface area contributed by atoms with E-state index in [1.54, 1.807) is 10.9 Å². The molecular formula is C7H13N5O. The highest BCUT2D eigenvalue weighted by molar-refractivity contribution is 5.80. The highest BCUT2D eigenvalue weighted by Crippen LogP contribution is 2.08. The fourth-order valence-corrected chi connectivity index (χ4v) is 0.831. The van der Waals surface area contributed by atoms with Gasteiger partial charge in [0.1, 0.15) is 11.7 Å². The normalized spacial score (nSPS) is 13.2. The molecule has 0 aliphatic carbocycles. The first-order valence-electron chi connectivity index (χ1n) is 3.99. The number of rotatable bonds is 3. The minimum atomic E-state index is -0.868. The fraction of sp³-hybridized carbons (Fsp3) is 0.571. The summed E-state index contributed by atoms with van der Waals surface area (Å²) in [4.78, 5) is 10.7. The predicted molar refractivity (Wildman–Crippen MR) is 46.5 cm³/mol. The summed E-state index contributed by atoms with van der Waals surface area (Å²) in [6.07, 6.45) is 1.63. The second-order valence-corrected chi connectivity index (χ2v) is 3.10. The molecule has 1 unspecified atom stereocenters. The van der Waals surface area contributed by atoms with Crippen molar-refractivity contribution >= 4 is 5.91 Å². The molecule has 0 aliphatic rings. The maximum atomic E-state index is 10.7. The zero-order valence-corrected chi connectivity index (χ0v) is 7.64. The largest absolute Gasteiger partial charge is 0.368 e. The quantitative estimate of drug-likeness (QED) is 0.649. The number of aromatic nitrogens is 3. The summed E-state index contributed by atoms with van der Waals surface area (Å²) in [5.74, 6) is -0.601. The van der Waals surface area contributed by atoms with Crippen LogP contribution in [0.5, 0.6) is 0 Å². The van der Waals surface area contributed by atoms with Gasteiger partial charge in [-0.1, -0.05) is 5.21 Å². The Bertz CT molecular complexity index is 306. The van der Waals surface area contributed by atoms with E-state index in [1.807, 2.05) is 13.8 Å². The number of hydrogen-bond acceptors (Lipinski definition) is 4. The van der Waals surface area contributed by atoms with Crippen molar-refractivity contribution in [3.63, 3.8) is 0 Å². The molecule has 0 spiro atoms. The summed E-state index contributed by atoms with van der Waals surface area (Å²) in [6.45, 7) is 3.91. The monoisotopic (exact) mass is 183 g/mol. The standard InChI is InChI=1S/C7H13N5O/c1-4(2)12-3-5(10-11-12)6(8)7(9)13/h3-4,6H,8H2,1-2H3,(H2,9,13). The Morgan fingerprint density at radius 1 is 1.62 bits per heavy atom. The van der Waals surface area contributed by atoms with Gasteiger partial charge in [-0.05, 0) is 13.8 Å². The molecule has 1 rings (SSSR count). The first kappa shape index (κ1) is 9.66. The van der Waals surface area contributed by atoms with E-state index < -0.39 is 11.9 Å². The van der Waals surface area contributed by atoms with Crippen LogP contribution in [0.4, 0.5) is 0 Å². The van der Waals surface area contributed by atoms with Crippen molar-refractivity contribution in [2.75, 3.05) is 0 Å². The molecule has 1 aromatic heterocycles. The Morgan fingerprint density at radius 2 is 2.23 bits per heavy atom. The van der Waals surface area contributed by atoms with Crippen molar-refractivity contribution in [3.8, 4) is 0 Å². The van der Waals surface area contributed by atoms with E-state index in [4.69, 9.17) is 11.5 Å². The smallest absolute Gasteiger partial charge is 0.240 e. The lowest BCUT2D eigenvalue weighted by Crippen LogP contribution is -2.28. The summed E-state index contributed by atoms with van der Waals surface area (Å²) in [5, 5.41) is 7.54. The molecule has 0 aromatic carbocycles. The summed E-state index contributed by atoms with van der Waals surface area (Å²) >= 11 is 0. The molecule has 0 saturated carbocycles. The number of carbonyl (C=O) groups is 1. The number of amides is 1. The Balaban J connectivity index is 2.85. The third-order valence-corrected chi connectivity index (χ3v) is 1.68. The van der Waals surface area contributed by atoms with Gasteiger partial charge in [0.15, 0.2) is 0 Å². The first-order valence-corrected chi connectivity index (χ1v) is 3.99. The van der Waals surface area contributed by atoms with E-state index in [2.05, 4.69) is 10.3 Å². The van der Waals surface area contributed by atoms with Crippen LogP contribution in [0, 0.1) is 0 Å². The van der Waals surface area contributed by atoms with Crippen LogP contribution in [0.3, 0.4) is 0 Å². The molecule has 13 heavy (non-hydrogen) atoms. The van der Waals surface area contributed by atoms with Crippen LogP contribution >= 0.6 is 0 Å². The van der Waals surface area contributed by atoms with Gasteiger partial charge in [0.05, 0.1) is 6.20 Å². The molecule has 72 valence electrons. The van der Waals surface area contributed by atoms with Gasteiger partial charge >= 0.3 is 0 Å². The van der Waals surface area contributed by atoms with E-state index >= 15 is 0 Å². The minimum Gasteiger partial charge on any atom is -0.368 e. The molecule has 0 fully saturated rings. The van der Waals surface area contributed by atoms with Gasteiger partial charge in [-0.2, -0.15) is 0 Å². The van der Waals surface area contributed by atoms with Crippen LogP contribution in [-0.4, -0.2) is 20.9 Å². The van der Waals surface area contributed by atoms with Gasteiger partial charge in [-0.15, -0.1) is 5.10 Å². The van der Waals surface area contributed by atoms with Crippen LogP contribution in [-0.2, 0) is 4.79 Å². The number of carbonyl (C=O) groups excluding carboxylic acids is 1. The lowest BCUT2D eigenvalue weighted by atomic mass is 10.2. The topological polar surface area (TPSA) is 99.8 Å². The molecule has 4 N–H and O–H groups in total. The fourth-order valence-electron chi connectivity index (χ4n) is 0.831. The Hall–Kier alpha value is -1.43. The molecule has 0 bridgehead atoms. The van der Waals surface area contributed by atoms with Gasteiger partial charge in [0, 0.05) is 6.04 Å². The van der Waals surface area contributed by atoms with E-state index in [-0.39, 0.29) is 6.04 Å². The lowest BCUT2D eigenvalue weighted by molar-refractivity contribution is -0.119. The predicted octanol–water partition coefficient (Wildman–Crippen LogP) is -0.656. The van der Waals surface area contributed by atoms with Gasteiger partial charge in [-0.3, -0.25) is 4.79 Å². The maximum absolute atomic E-state index is 10.7. The third kappa shape index (κ3) is 2.03. The van der Waals surface area contributed by atoms with Crippen LogP contribution in [0.25, 0.3) is 0 Å². The summed E-state index contributed by atoms with van der Waals surface area (Å²) in [6, 6.07) is -0.672. The molecule has 6 heteroatoms. The van der Waals surface area contributed by atoms with Crippen molar-refractivity contribution in [1.29, 1.82) is 0 Å². The summed E-state index contributed by atoms with van der Waals surface area (Å²) < 4.78 is 1.62. The molecular weight excluding hydrogens is 170 g/mol. The second kappa shape index (κ2) is 3.53. The molecule has 0 radical (unpaired) electrons. The van der Waals surface area contributed by atoms with Gasteiger partial charge < -0.3 is 11.5 Å². The average molecular weight is 183 g/mol. The third-order valence-electron chi connectivity index (χ3n) is 1.68. The van der Waals surface area contributed by atoms with E-state index in [0.29, 0.717) is 5.69 Å². The van der Waals surface area contributed by atoms with Crippen molar-refractivity contribution < 1.29 is 4.79 Å². The molecule has 6 nitrogen and oxygen atoms in total. The molecule has 1 amide bonds. The number of hydrogen-bond donors (Lipinski definition) is 2. The molecule has 0 aliphatic heterocycles. The molecule has 1 heterocycles. The van der Waals surface area contributed by atoms with Crippen LogP contribution in [0.15, 0.2) is 6.20 Å². The lowest BCUT2D eigenvalue weighted by Gasteiger charge is -2.02. The minimum absolute atomic E-state index is 0.196. The molecule has 1 atom stereocenters. The van der Waals surface area contributed by atoms with Crippen molar-refractivity contribution in [2.24, 2.45) is 11.5 Å². The highest BCUT2D eigenvalue weighted by Gasteiger charge is 2.16.